The van der Waals surface area contributed by atoms with E-state index in [-0.39, 0.29) is 23.0 Å². The number of hydrogen-bond donors (Lipinski definition) is 4. The van der Waals surface area contributed by atoms with Crippen LogP contribution in [0.4, 0.5) is 20.5 Å². The van der Waals surface area contributed by atoms with Gasteiger partial charge in [-0.3, -0.25) is 19.5 Å². The number of likely N-dealkylation sites (tertiary alicyclic amines) is 1. The number of hydroxylamine groups is 2. The second-order valence-electron chi connectivity index (χ2n) is 18.0. The summed E-state index contributed by atoms with van der Waals surface area (Å²) in [6.07, 6.45) is -2.81. The second kappa shape index (κ2) is 18.1. The molecule has 2 aromatic heterocycles. The fourth-order valence-electron chi connectivity index (χ4n) is 5.78. The van der Waals surface area contributed by atoms with E-state index in [1.807, 2.05) is 26.8 Å². The quantitative estimate of drug-likeness (QED) is 0.0435. The molecule has 2 unspecified atom stereocenters. The van der Waals surface area contributed by atoms with Gasteiger partial charge in [0.25, 0.3) is 17.9 Å². The number of benzene rings is 1. The first-order chi connectivity index (χ1) is 29.0. The Morgan fingerprint density at radius 1 is 0.952 bits per heavy atom. The molecule has 5 rings (SSSR count). The number of ether oxygens (including phenoxy) is 4. The lowest BCUT2D eigenvalue weighted by atomic mass is 9.84. The van der Waals surface area contributed by atoms with Crippen LogP contribution in [0.5, 0.6) is 5.75 Å². The Balaban J connectivity index is 1.34. The molecule has 24 heteroatoms. The van der Waals surface area contributed by atoms with E-state index in [1.165, 1.54) is 19.2 Å². The van der Waals surface area contributed by atoms with Crippen molar-refractivity contribution in [2.24, 2.45) is 5.16 Å². The number of rotatable bonds is 14. The summed E-state index contributed by atoms with van der Waals surface area (Å²) in [5.41, 5.74) is -4.03. The lowest BCUT2D eigenvalue weighted by Crippen LogP contribution is -2.76. The number of hydrogen-bond acceptors (Lipinski definition) is 18. The molecule has 0 saturated carbocycles. The van der Waals surface area contributed by atoms with Crippen molar-refractivity contribution in [1.82, 2.24) is 25.2 Å². The number of esters is 1. The molecule has 4 amide bonds. The third kappa shape index (κ3) is 13.3. The molecule has 22 nitrogen and oxygen atoms in total. The van der Waals surface area contributed by atoms with Gasteiger partial charge in [-0.2, -0.15) is 13.5 Å². The first kappa shape index (κ1) is 48.2. The maximum Gasteiger partial charge on any atom is 0.418 e. The van der Waals surface area contributed by atoms with Gasteiger partial charge >= 0.3 is 28.6 Å². The highest BCUT2D eigenvalue weighted by Crippen LogP contribution is 2.33. The van der Waals surface area contributed by atoms with E-state index in [4.69, 9.17) is 28.3 Å². The molecule has 2 atom stereocenters. The number of aromatic nitrogens is 2. The van der Waals surface area contributed by atoms with Crippen molar-refractivity contribution in [3.63, 3.8) is 0 Å². The smallest absolute Gasteiger partial charge is 0.418 e. The number of fused-ring (bicyclic) bond motifs is 1. The van der Waals surface area contributed by atoms with Crippen molar-refractivity contribution in [2.45, 2.75) is 117 Å². The van der Waals surface area contributed by atoms with Crippen molar-refractivity contribution in [3.8, 4) is 5.75 Å². The first-order valence-corrected chi connectivity index (χ1v) is 21.7. The molecule has 2 saturated heterocycles. The third-order valence-corrected chi connectivity index (χ3v) is 9.67. The van der Waals surface area contributed by atoms with Gasteiger partial charge in [-0.05, 0) is 106 Å². The number of amides is 4. The van der Waals surface area contributed by atoms with Gasteiger partial charge in [-0.1, -0.05) is 5.16 Å². The summed E-state index contributed by atoms with van der Waals surface area (Å²) >= 11 is 0.889. The zero-order chi connectivity index (χ0) is 46.9. The molecule has 0 aliphatic carbocycles. The van der Waals surface area contributed by atoms with E-state index in [2.05, 4.69) is 35.4 Å². The minimum Gasteiger partial charge on any atom is -0.489 e. The number of pyridine rings is 1. The van der Waals surface area contributed by atoms with Gasteiger partial charge < -0.3 is 39.3 Å². The molecular weight excluding hydrogens is 869 g/mol. The summed E-state index contributed by atoms with van der Waals surface area (Å²) in [7, 11) is -5.09. The van der Waals surface area contributed by atoms with Gasteiger partial charge in [0, 0.05) is 23.9 Å². The zero-order valence-corrected chi connectivity index (χ0v) is 38.3. The van der Waals surface area contributed by atoms with Crippen LogP contribution in [-0.4, -0.2) is 129 Å². The molecule has 0 spiro atoms. The van der Waals surface area contributed by atoms with Crippen LogP contribution in [0.25, 0.3) is 10.9 Å². The van der Waals surface area contributed by atoms with Crippen molar-refractivity contribution in [2.75, 3.05) is 30.3 Å². The number of thiazole rings is 1. The van der Waals surface area contributed by atoms with Crippen LogP contribution >= 0.6 is 11.3 Å². The van der Waals surface area contributed by atoms with E-state index >= 15 is 0 Å². The molecule has 344 valence electrons. The van der Waals surface area contributed by atoms with Gasteiger partial charge in [-0.15, -0.1) is 15.6 Å². The van der Waals surface area contributed by atoms with Gasteiger partial charge in [0.1, 0.15) is 46.7 Å². The summed E-state index contributed by atoms with van der Waals surface area (Å²) < 4.78 is 58.4. The number of nitrogens with zero attached hydrogens (tertiary/aromatic N) is 5. The molecule has 3 aromatic rings. The van der Waals surface area contributed by atoms with Crippen LogP contribution in [0.2, 0.25) is 0 Å². The van der Waals surface area contributed by atoms with E-state index in [9.17, 15) is 32.4 Å². The number of anilines is 2. The number of nitrogens with one attached hydrogen (secondary N) is 3. The number of carbonyl (C=O) groups is 5. The molecular formula is C39H52N8O14S2. The van der Waals surface area contributed by atoms with Crippen LogP contribution < -0.4 is 20.7 Å². The van der Waals surface area contributed by atoms with Crippen LogP contribution in [0.1, 0.15) is 81.9 Å². The largest absolute Gasteiger partial charge is 0.489 e. The summed E-state index contributed by atoms with van der Waals surface area (Å²) in [6, 6.07) is 7.21. The zero-order valence-electron chi connectivity index (χ0n) is 36.6. The number of β-lactam (4-membered cyclic amide) rings is 1. The van der Waals surface area contributed by atoms with E-state index < -0.39 is 81.1 Å². The number of oxime groups is 1. The van der Waals surface area contributed by atoms with Gasteiger partial charge in [0.05, 0.1) is 17.1 Å². The predicted octanol–water partition coefficient (Wildman–Crippen LogP) is 4.42. The van der Waals surface area contributed by atoms with Gasteiger partial charge in [0.2, 0.25) is 0 Å². The average molecular weight is 921 g/mol. The van der Waals surface area contributed by atoms with Gasteiger partial charge in [-0.25, -0.2) is 24.4 Å². The van der Waals surface area contributed by atoms with Crippen LogP contribution in [-0.2, 0) is 48.1 Å². The average Bonchev–Trinajstić information content (AvgIpc) is 3.56. The Morgan fingerprint density at radius 2 is 1.60 bits per heavy atom. The summed E-state index contributed by atoms with van der Waals surface area (Å²) in [4.78, 5) is 81.2. The Labute approximate surface area is 367 Å². The lowest BCUT2D eigenvalue weighted by Gasteiger charge is -2.50. The topological polar surface area (TPSA) is 276 Å². The minimum absolute atomic E-state index is 0.0128. The van der Waals surface area contributed by atoms with Gasteiger partial charge in [0.15, 0.2) is 10.8 Å². The Hall–Kier alpha value is -5.85. The number of carbonyl (C=O) groups excluding carboxylic acids is 5. The normalized spacial score (nSPS) is 17.5. The lowest BCUT2D eigenvalue weighted by molar-refractivity contribution is -0.218. The highest BCUT2D eigenvalue weighted by atomic mass is 32.3. The SMILES string of the molecule is CC(C)(C)OC(=O)Nc1nc(/C(=N/OC(COc2ccc3nc(NC4CN(C(=O)OC(C)(C)C)C4)ccc3c2)C(=O)OC(C)(C)C)C(=O)NC2C(=O)N(OS(=O)(=O)O)C2(C)C)cs1. The third-order valence-electron chi connectivity index (χ3n) is 8.58. The fraction of sp³-hybridized carbons (Fsp3) is 0.538. The monoisotopic (exact) mass is 920 g/mol. The van der Waals surface area contributed by atoms with Crippen molar-refractivity contribution < 1.29 is 65.0 Å². The molecule has 4 N–H and O–H groups in total. The van der Waals surface area contributed by atoms with Crippen LogP contribution in [0.3, 0.4) is 0 Å². The fourth-order valence-corrected chi connectivity index (χ4v) is 6.92. The van der Waals surface area contributed by atoms with Crippen molar-refractivity contribution in [1.29, 1.82) is 0 Å². The minimum atomic E-state index is -5.09. The summed E-state index contributed by atoms with van der Waals surface area (Å²) in [5.74, 6) is -2.09. The molecule has 2 aliphatic heterocycles. The van der Waals surface area contributed by atoms with E-state index in [0.29, 0.717) is 40.6 Å². The summed E-state index contributed by atoms with van der Waals surface area (Å²) in [6.45, 7) is 18.5. The first-order valence-electron chi connectivity index (χ1n) is 19.5. The highest BCUT2D eigenvalue weighted by Gasteiger charge is 2.58. The van der Waals surface area contributed by atoms with E-state index in [0.717, 1.165) is 11.3 Å². The van der Waals surface area contributed by atoms with Crippen molar-refractivity contribution in [3.05, 3.63) is 41.4 Å². The second-order valence-corrected chi connectivity index (χ2v) is 19.9. The molecule has 63 heavy (non-hydrogen) atoms. The molecule has 4 heterocycles. The maximum absolute atomic E-state index is 13.9. The summed E-state index contributed by atoms with van der Waals surface area (Å²) in [5, 5.41) is 14.6. The molecule has 1 aromatic carbocycles. The predicted molar refractivity (Wildman–Crippen MR) is 227 cm³/mol. The standard InChI is InChI=1S/C39H52N8O14S2/c1-36(2,3)57-32(50)26(19-56-23-13-14-24-21(16-23)12-15-27(41-24)40-22-17-46(18-22)35(52)59-38(7,8)9)60-45-28(25-20-62-33(42-25)44-34(51)58-37(4,5)6)30(48)43-29-31(49)47(39(29,10)11)61-63(53,54)55/h12-16,20,22,26,29H,17-19H2,1-11H3,(H,40,41)(H,43,48)(H,42,44,51)(H,53,54,55)/b45-28-. The van der Waals surface area contributed by atoms with Crippen molar-refractivity contribution >= 4 is 79.3 Å². The Bertz CT molecular complexity index is 2380. The Morgan fingerprint density at radius 3 is 2.21 bits per heavy atom. The van der Waals surface area contributed by atoms with Crippen LogP contribution in [0.15, 0.2) is 40.9 Å². The van der Waals surface area contributed by atoms with E-state index in [1.54, 1.807) is 70.7 Å². The molecule has 0 radical (unpaired) electrons. The van der Waals surface area contributed by atoms with Crippen LogP contribution in [0, 0.1) is 0 Å². The highest BCUT2D eigenvalue weighted by molar-refractivity contribution is 7.80. The maximum atomic E-state index is 13.9. The molecule has 2 aliphatic rings. The molecule has 0 bridgehead atoms. The molecule has 2 fully saturated rings. The Kier molecular flexibility index (Phi) is 13.8.